The highest BCUT2D eigenvalue weighted by Gasteiger charge is 2.15. The van der Waals surface area contributed by atoms with Gasteiger partial charge in [-0.2, -0.15) is 0 Å². The molecule has 0 spiro atoms. The van der Waals surface area contributed by atoms with Crippen LogP contribution in [0.1, 0.15) is 90.5 Å². The predicted octanol–water partition coefficient (Wildman–Crippen LogP) is 7.98. The second-order valence-electron chi connectivity index (χ2n) is 8.73. The van der Waals surface area contributed by atoms with Crippen molar-refractivity contribution < 1.29 is 9.13 Å². The molecule has 0 saturated heterocycles. The lowest BCUT2D eigenvalue weighted by atomic mass is 9.99. The molecule has 0 aliphatic heterocycles. The number of benzene rings is 1. The predicted molar refractivity (Wildman–Crippen MR) is 128 cm³/mol. The van der Waals surface area contributed by atoms with E-state index in [0.29, 0.717) is 24.6 Å². The van der Waals surface area contributed by atoms with Gasteiger partial charge in [-0.15, -0.1) is 0 Å². The summed E-state index contributed by atoms with van der Waals surface area (Å²) in [6.07, 6.45) is 15.4. The Bertz CT molecular complexity index is 702. The average molecular weight is 429 g/mol. The van der Waals surface area contributed by atoms with Crippen molar-refractivity contribution in [2.75, 3.05) is 6.61 Å². The Labute approximate surface area is 188 Å². The molecular weight excluding hydrogens is 387 g/mol. The molecule has 0 N–H and O–H groups in total. The van der Waals surface area contributed by atoms with Gasteiger partial charge in [0, 0.05) is 12.0 Å². The van der Waals surface area contributed by atoms with Gasteiger partial charge in [0.2, 0.25) is 0 Å². The largest absolute Gasteiger partial charge is 0.490 e. The first-order valence-electron chi connectivity index (χ1n) is 12.3. The Morgan fingerprint density at radius 3 is 2.13 bits per heavy atom. The van der Waals surface area contributed by atoms with Gasteiger partial charge in [-0.1, -0.05) is 90.0 Å². The van der Waals surface area contributed by atoms with Gasteiger partial charge in [0.15, 0.2) is 11.6 Å². The zero-order chi connectivity index (χ0) is 22.3. The summed E-state index contributed by atoms with van der Waals surface area (Å²) in [6.45, 7) is 6.66. The maximum atomic E-state index is 14.1. The van der Waals surface area contributed by atoms with Crippen LogP contribution in [0.3, 0.4) is 0 Å². The summed E-state index contributed by atoms with van der Waals surface area (Å²) in [6, 6.07) is 8.54. The van der Waals surface area contributed by atoms with E-state index in [-0.39, 0.29) is 5.92 Å². The van der Waals surface area contributed by atoms with Crippen LogP contribution in [-0.2, 0) is 6.42 Å². The molecular formula is C27H41FN2O. The van der Waals surface area contributed by atoms with Crippen LogP contribution >= 0.6 is 0 Å². The van der Waals surface area contributed by atoms with E-state index in [9.17, 15) is 4.39 Å². The summed E-state index contributed by atoms with van der Waals surface area (Å²) in [5.74, 6) is 1.37. The van der Waals surface area contributed by atoms with Gasteiger partial charge < -0.3 is 4.74 Å². The Kier molecular flexibility index (Phi) is 12.2. The number of alkyl halides is 1. The molecule has 0 saturated carbocycles. The average Bonchev–Trinajstić information content (AvgIpc) is 2.79. The second-order valence-corrected chi connectivity index (χ2v) is 8.73. The van der Waals surface area contributed by atoms with Crippen molar-refractivity contribution in [3.05, 3.63) is 42.2 Å². The molecule has 172 valence electrons. The van der Waals surface area contributed by atoms with Gasteiger partial charge in [-0.05, 0) is 30.7 Å². The van der Waals surface area contributed by atoms with Crippen LogP contribution < -0.4 is 4.74 Å². The molecule has 31 heavy (non-hydrogen) atoms. The lowest BCUT2D eigenvalue weighted by Crippen LogP contribution is -2.16. The van der Waals surface area contributed by atoms with E-state index in [4.69, 9.17) is 4.74 Å². The third kappa shape index (κ3) is 9.80. The number of hydrogen-bond acceptors (Lipinski definition) is 3. The highest BCUT2D eigenvalue weighted by atomic mass is 19.1. The van der Waals surface area contributed by atoms with Gasteiger partial charge in [0.05, 0.1) is 19.0 Å². The third-order valence-electron chi connectivity index (χ3n) is 5.93. The Balaban J connectivity index is 1.72. The van der Waals surface area contributed by atoms with E-state index in [1.165, 1.54) is 50.5 Å². The van der Waals surface area contributed by atoms with Gasteiger partial charge >= 0.3 is 0 Å². The molecule has 1 aromatic heterocycles. The van der Waals surface area contributed by atoms with Crippen molar-refractivity contribution in [1.82, 2.24) is 9.97 Å². The highest BCUT2D eigenvalue weighted by Crippen LogP contribution is 2.20. The number of hydrogen-bond donors (Lipinski definition) is 0. The number of aromatic nitrogens is 2. The minimum atomic E-state index is -0.820. The van der Waals surface area contributed by atoms with E-state index >= 15 is 0 Å². The summed E-state index contributed by atoms with van der Waals surface area (Å²) >= 11 is 0. The fourth-order valence-corrected chi connectivity index (χ4v) is 3.86. The molecule has 0 bridgehead atoms. The van der Waals surface area contributed by atoms with Gasteiger partial charge in [0.25, 0.3) is 0 Å². The fraction of sp³-hybridized carbons (Fsp3) is 0.630. The zero-order valence-electron chi connectivity index (χ0n) is 19.8. The summed E-state index contributed by atoms with van der Waals surface area (Å²) in [5.41, 5.74) is 2.38. The summed E-state index contributed by atoms with van der Waals surface area (Å²) in [7, 11) is 0. The first-order valence-corrected chi connectivity index (χ1v) is 12.3. The van der Waals surface area contributed by atoms with E-state index < -0.39 is 6.17 Å². The number of rotatable bonds is 16. The lowest BCUT2D eigenvalue weighted by Gasteiger charge is -2.16. The van der Waals surface area contributed by atoms with Gasteiger partial charge in [-0.25, -0.2) is 14.4 Å². The smallest absolute Gasteiger partial charge is 0.159 e. The standard InChI is InChI=1S/C27H41FN2O/c1-4-6-7-8-9-10-11-13-23-14-16-24(17-15-23)27-29-20-25(21-30-27)31-19-18-26(28)22(3)12-5-2/h14-17,20-22,26H,4-13,18-19H2,1-3H3. The Morgan fingerprint density at radius 2 is 1.48 bits per heavy atom. The van der Waals surface area contributed by atoms with Gasteiger partial charge in [-0.3, -0.25) is 0 Å². The first kappa shape index (κ1) is 25.3. The van der Waals surface area contributed by atoms with Crippen molar-refractivity contribution in [3.63, 3.8) is 0 Å². The molecule has 2 rings (SSSR count). The van der Waals surface area contributed by atoms with Crippen LogP contribution in [0.4, 0.5) is 4.39 Å². The number of ether oxygens (including phenoxy) is 1. The maximum Gasteiger partial charge on any atom is 0.159 e. The van der Waals surface area contributed by atoms with E-state index in [1.54, 1.807) is 12.4 Å². The fourth-order valence-electron chi connectivity index (χ4n) is 3.86. The monoisotopic (exact) mass is 428 g/mol. The van der Waals surface area contributed by atoms with Crippen LogP contribution in [0.2, 0.25) is 0 Å². The molecule has 2 aromatic rings. The van der Waals surface area contributed by atoms with E-state index in [1.807, 2.05) is 6.92 Å². The van der Waals surface area contributed by atoms with Crippen LogP contribution in [0, 0.1) is 5.92 Å². The number of unbranched alkanes of at least 4 members (excludes halogenated alkanes) is 6. The molecule has 2 unspecified atom stereocenters. The molecule has 1 heterocycles. The van der Waals surface area contributed by atoms with Crippen LogP contribution in [0.25, 0.3) is 11.4 Å². The molecule has 0 aliphatic rings. The topological polar surface area (TPSA) is 35.0 Å². The number of nitrogens with zero attached hydrogens (tertiary/aromatic N) is 2. The summed E-state index contributed by atoms with van der Waals surface area (Å²) < 4.78 is 19.7. The third-order valence-corrected chi connectivity index (χ3v) is 5.93. The van der Waals surface area contributed by atoms with Crippen LogP contribution in [-0.4, -0.2) is 22.7 Å². The molecule has 3 nitrogen and oxygen atoms in total. The minimum Gasteiger partial charge on any atom is -0.490 e. The van der Waals surface area contributed by atoms with Crippen molar-refractivity contribution >= 4 is 0 Å². The molecule has 0 fully saturated rings. The quantitative estimate of drug-likeness (QED) is 0.254. The minimum absolute atomic E-state index is 0.0843. The van der Waals surface area contributed by atoms with Crippen molar-refractivity contribution in [2.45, 2.75) is 97.6 Å². The van der Waals surface area contributed by atoms with Crippen molar-refractivity contribution in [2.24, 2.45) is 5.92 Å². The maximum absolute atomic E-state index is 14.1. The molecule has 4 heteroatoms. The molecule has 0 aliphatic carbocycles. The van der Waals surface area contributed by atoms with Crippen LogP contribution in [0.15, 0.2) is 36.7 Å². The molecule has 0 amide bonds. The van der Waals surface area contributed by atoms with E-state index in [2.05, 4.69) is 48.1 Å². The van der Waals surface area contributed by atoms with Crippen LogP contribution in [0.5, 0.6) is 5.75 Å². The summed E-state index contributed by atoms with van der Waals surface area (Å²) in [4.78, 5) is 8.84. The van der Waals surface area contributed by atoms with Crippen molar-refractivity contribution in [3.8, 4) is 17.1 Å². The normalized spacial score (nSPS) is 13.2. The Hall–Kier alpha value is -1.97. The molecule has 2 atom stereocenters. The zero-order valence-corrected chi connectivity index (χ0v) is 19.8. The van der Waals surface area contributed by atoms with E-state index in [0.717, 1.165) is 24.8 Å². The molecule has 0 radical (unpaired) electrons. The number of halogens is 1. The molecule has 1 aromatic carbocycles. The summed E-state index contributed by atoms with van der Waals surface area (Å²) in [5, 5.41) is 0. The number of aryl methyl sites for hydroxylation is 1. The first-order chi connectivity index (χ1) is 15.1. The van der Waals surface area contributed by atoms with Gasteiger partial charge in [0.1, 0.15) is 6.17 Å². The second kappa shape index (κ2) is 14.9. The van der Waals surface area contributed by atoms with Crippen molar-refractivity contribution in [1.29, 1.82) is 0 Å². The highest BCUT2D eigenvalue weighted by molar-refractivity contribution is 5.55. The Morgan fingerprint density at radius 1 is 0.839 bits per heavy atom. The SMILES string of the molecule is CCCCCCCCCc1ccc(-c2ncc(OCCC(F)C(C)CCC)cn2)cc1. The lowest BCUT2D eigenvalue weighted by molar-refractivity contribution is 0.178.